The van der Waals surface area contributed by atoms with Crippen molar-refractivity contribution in [1.29, 1.82) is 0 Å². The zero-order chi connectivity index (χ0) is 14.4. The summed E-state index contributed by atoms with van der Waals surface area (Å²) in [5.41, 5.74) is 0.522. The van der Waals surface area contributed by atoms with Gasteiger partial charge >= 0.3 is 5.97 Å². The second kappa shape index (κ2) is 7.13. The van der Waals surface area contributed by atoms with E-state index in [1.54, 1.807) is 30.2 Å². The second-order valence-corrected chi connectivity index (χ2v) is 4.89. The molecule has 1 aromatic heterocycles. The maximum absolute atomic E-state index is 12.5. The maximum atomic E-state index is 12.5. The molecule has 0 aromatic carbocycles. The quantitative estimate of drug-likeness (QED) is 0.809. The monoisotopic (exact) mass is 282 g/mol. The molecule has 0 aliphatic heterocycles. The standard InChI is InChI=1S/C13H18N2O3S/c1-4-15(9(2)8-11(16)17)13(18)10-6-5-7-14-12(10)19-3/h5-7,9H,4,8H2,1-3H3,(H,16,17). The van der Waals surface area contributed by atoms with Gasteiger partial charge in [-0.25, -0.2) is 4.98 Å². The molecule has 1 N–H and O–H groups in total. The number of amides is 1. The number of carboxylic acids is 1. The van der Waals surface area contributed by atoms with E-state index in [1.165, 1.54) is 11.8 Å². The Morgan fingerprint density at radius 2 is 2.21 bits per heavy atom. The molecule has 0 aliphatic rings. The van der Waals surface area contributed by atoms with E-state index in [-0.39, 0.29) is 18.4 Å². The zero-order valence-corrected chi connectivity index (χ0v) is 12.1. The van der Waals surface area contributed by atoms with Crippen LogP contribution < -0.4 is 0 Å². The van der Waals surface area contributed by atoms with Gasteiger partial charge in [-0.05, 0) is 32.2 Å². The number of aromatic nitrogens is 1. The maximum Gasteiger partial charge on any atom is 0.305 e. The average molecular weight is 282 g/mol. The SMILES string of the molecule is CCN(C(=O)c1cccnc1SC)C(C)CC(=O)O. The first kappa shape index (κ1) is 15.5. The Labute approximate surface area is 117 Å². The van der Waals surface area contributed by atoms with E-state index in [0.29, 0.717) is 17.1 Å². The third-order valence-electron chi connectivity index (χ3n) is 2.80. The van der Waals surface area contributed by atoms with Crippen molar-refractivity contribution in [2.45, 2.75) is 31.3 Å². The Morgan fingerprint density at radius 3 is 2.74 bits per heavy atom. The smallest absolute Gasteiger partial charge is 0.305 e. The van der Waals surface area contributed by atoms with Crippen molar-refractivity contribution >= 4 is 23.6 Å². The van der Waals surface area contributed by atoms with Gasteiger partial charge < -0.3 is 10.0 Å². The van der Waals surface area contributed by atoms with Gasteiger partial charge in [-0.1, -0.05) is 0 Å². The van der Waals surface area contributed by atoms with E-state index >= 15 is 0 Å². The van der Waals surface area contributed by atoms with Crippen molar-refractivity contribution in [1.82, 2.24) is 9.88 Å². The van der Waals surface area contributed by atoms with Crippen LogP contribution in [0.5, 0.6) is 0 Å². The number of nitrogens with zero attached hydrogens (tertiary/aromatic N) is 2. The minimum absolute atomic E-state index is 0.0611. The van der Waals surface area contributed by atoms with Crippen molar-refractivity contribution < 1.29 is 14.7 Å². The van der Waals surface area contributed by atoms with Crippen LogP contribution in [0.4, 0.5) is 0 Å². The van der Waals surface area contributed by atoms with Crippen LogP contribution in [0.15, 0.2) is 23.4 Å². The predicted octanol–water partition coefficient (Wildman–Crippen LogP) is 2.13. The van der Waals surface area contributed by atoms with Crippen molar-refractivity contribution in [3.05, 3.63) is 23.9 Å². The number of pyridine rings is 1. The summed E-state index contributed by atoms with van der Waals surface area (Å²) in [5.74, 6) is -1.08. The van der Waals surface area contributed by atoms with Gasteiger partial charge in [0.2, 0.25) is 0 Å². The van der Waals surface area contributed by atoms with Crippen molar-refractivity contribution in [2.75, 3.05) is 12.8 Å². The lowest BCUT2D eigenvalue weighted by atomic mass is 10.1. The highest BCUT2D eigenvalue weighted by molar-refractivity contribution is 7.98. The number of aliphatic carboxylic acids is 1. The molecule has 6 heteroatoms. The number of hydrogen-bond donors (Lipinski definition) is 1. The normalized spacial score (nSPS) is 11.9. The first-order valence-electron chi connectivity index (χ1n) is 6.03. The first-order chi connectivity index (χ1) is 9.01. The largest absolute Gasteiger partial charge is 0.481 e. The molecule has 5 nitrogen and oxygen atoms in total. The molecule has 19 heavy (non-hydrogen) atoms. The van der Waals surface area contributed by atoms with E-state index in [1.807, 2.05) is 13.2 Å². The third-order valence-corrected chi connectivity index (χ3v) is 3.51. The summed E-state index contributed by atoms with van der Waals surface area (Å²) in [6.45, 7) is 4.05. The molecule has 1 rings (SSSR count). The Kier molecular flexibility index (Phi) is 5.82. The highest BCUT2D eigenvalue weighted by Crippen LogP contribution is 2.20. The van der Waals surface area contributed by atoms with Gasteiger partial charge in [0.25, 0.3) is 5.91 Å². The predicted molar refractivity (Wildman–Crippen MR) is 74.4 cm³/mol. The lowest BCUT2D eigenvalue weighted by Gasteiger charge is -2.27. The molecular weight excluding hydrogens is 264 g/mol. The number of carbonyl (C=O) groups is 2. The van der Waals surface area contributed by atoms with E-state index in [9.17, 15) is 9.59 Å². The fourth-order valence-electron chi connectivity index (χ4n) is 1.89. The van der Waals surface area contributed by atoms with E-state index < -0.39 is 5.97 Å². The second-order valence-electron chi connectivity index (χ2n) is 4.10. The number of hydrogen-bond acceptors (Lipinski definition) is 4. The van der Waals surface area contributed by atoms with Gasteiger partial charge in [-0.3, -0.25) is 9.59 Å². The van der Waals surface area contributed by atoms with E-state index in [4.69, 9.17) is 5.11 Å². The Hall–Kier alpha value is -1.56. The van der Waals surface area contributed by atoms with Crippen LogP contribution in [-0.4, -0.2) is 45.7 Å². The molecule has 1 heterocycles. The minimum Gasteiger partial charge on any atom is -0.481 e. The molecule has 0 aliphatic carbocycles. The molecule has 1 aromatic rings. The minimum atomic E-state index is -0.907. The fraction of sp³-hybridized carbons (Fsp3) is 0.462. The summed E-state index contributed by atoms with van der Waals surface area (Å²) in [4.78, 5) is 28.9. The topological polar surface area (TPSA) is 70.5 Å². The number of rotatable bonds is 6. The number of carbonyl (C=O) groups excluding carboxylic acids is 1. The lowest BCUT2D eigenvalue weighted by molar-refractivity contribution is -0.138. The van der Waals surface area contributed by atoms with Crippen LogP contribution in [0.2, 0.25) is 0 Å². The van der Waals surface area contributed by atoms with Crippen LogP contribution in [0.25, 0.3) is 0 Å². The molecule has 1 unspecified atom stereocenters. The van der Waals surface area contributed by atoms with Gasteiger partial charge in [0.1, 0.15) is 5.03 Å². The molecule has 1 amide bonds. The number of carboxylic acid groups (broad SMARTS) is 1. The number of thioether (sulfide) groups is 1. The summed E-state index contributed by atoms with van der Waals surface area (Å²) in [6, 6.07) is 3.09. The van der Waals surface area contributed by atoms with Crippen molar-refractivity contribution in [3.63, 3.8) is 0 Å². The summed E-state index contributed by atoms with van der Waals surface area (Å²) in [5, 5.41) is 9.49. The van der Waals surface area contributed by atoms with Crippen LogP contribution in [0.3, 0.4) is 0 Å². The van der Waals surface area contributed by atoms with Gasteiger partial charge in [-0.15, -0.1) is 11.8 Å². The van der Waals surface area contributed by atoms with Gasteiger partial charge in [-0.2, -0.15) is 0 Å². The molecule has 0 saturated heterocycles. The Balaban J connectivity index is 2.98. The molecule has 0 fully saturated rings. The van der Waals surface area contributed by atoms with E-state index in [0.717, 1.165) is 0 Å². The first-order valence-corrected chi connectivity index (χ1v) is 7.25. The highest BCUT2D eigenvalue weighted by Gasteiger charge is 2.23. The summed E-state index contributed by atoms with van der Waals surface area (Å²) in [7, 11) is 0. The van der Waals surface area contributed by atoms with Gasteiger partial charge in [0, 0.05) is 18.8 Å². The van der Waals surface area contributed by atoms with Gasteiger partial charge in [0.05, 0.1) is 12.0 Å². The van der Waals surface area contributed by atoms with Gasteiger partial charge in [0.15, 0.2) is 0 Å². The van der Waals surface area contributed by atoms with Crippen LogP contribution in [0, 0.1) is 0 Å². The van der Waals surface area contributed by atoms with Crippen molar-refractivity contribution in [2.24, 2.45) is 0 Å². The lowest BCUT2D eigenvalue weighted by Crippen LogP contribution is -2.40. The highest BCUT2D eigenvalue weighted by atomic mass is 32.2. The molecule has 0 spiro atoms. The third kappa shape index (κ3) is 3.96. The molecule has 0 bridgehead atoms. The molecule has 104 valence electrons. The fourth-order valence-corrected chi connectivity index (χ4v) is 2.43. The Bertz CT molecular complexity index is 465. The van der Waals surface area contributed by atoms with Crippen molar-refractivity contribution in [3.8, 4) is 0 Å². The zero-order valence-electron chi connectivity index (χ0n) is 11.3. The summed E-state index contributed by atoms with van der Waals surface area (Å²) < 4.78 is 0. The van der Waals surface area contributed by atoms with Crippen LogP contribution >= 0.6 is 11.8 Å². The van der Waals surface area contributed by atoms with Crippen LogP contribution in [-0.2, 0) is 4.79 Å². The molecule has 1 atom stereocenters. The Morgan fingerprint density at radius 1 is 1.53 bits per heavy atom. The summed E-state index contributed by atoms with van der Waals surface area (Å²) in [6.07, 6.45) is 3.43. The molecule has 0 saturated carbocycles. The molecule has 0 radical (unpaired) electrons. The van der Waals surface area contributed by atoms with E-state index in [2.05, 4.69) is 4.98 Å². The van der Waals surface area contributed by atoms with Crippen LogP contribution in [0.1, 0.15) is 30.6 Å². The molecular formula is C13H18N2O3S. The summed E-state index contributed by atoms with van der Waals surface area (Å²) >= 11 is 1.40. The average Bonchev–Trinajstić information content (AvgIpc) is 2.38.